The number of allylic oxidation sites excluding steroid dienone is 2. The van der Waals surface area contributed by atoms with E-state index in [2.05, 4.69) is 0 Å². The molecule has 6 heteroatoms. The highest BCUT2D eigenvalue weighted by atomic mass is 19.4. The van der Waals surface area contributed by atoms with E-state index < -0.39 is 28.9 Å². The van der Waals surface area contributed by atoms with E-state index in [9.17, 15) is 22.4 Å². The highest BCUT2D eigenvalue weighted by molar-refractivity contribution is 6.07. The summed E-state index contributed by atoms with van der Waals surface area (Å²) in [5.74, 6) is -2.51. The van der Waals surface area contributed by atoms with Crippen molar-refractivity contribution < 1.29 is 27.1 Å². The minimum absolute atomic E-state index is 0.0931. The van der Waals surface area contributed by atoms with E-state index in [0.29, 0.717) is 19.1 Å². The number of carbonyl (C=O) groups is 1. The first-order valence-electron chi connectivity index (χ1n) is 5.64. The van der Waals surface area contributed by atoms with E-state index in [-0.39, 0.29) is 5.76 Å². The van der Waals surface area contributed by atoms with Crippen molar-refractivity contribution in [2.45, 2.75) is 19.0 Å². The van der Waals surface area contributed by atoms with Gasteiger partial charge >= 0.3 is 6.18 Å². The monoisotopic (exact) mass is 274 g/mol. The molecule has 0 fully saturated rings. The Kier molecular flexibility index (Phi) is 3.59. The molecule has 1 aliphatic heterocycles. The summed E-state index contributed by atoms with van der Waals surface area (Å²) in [6.07, 6.45) is -2.06. The minimum Gasteiger partial charge on any atom is -0.490 e. The molecule has 1 heterocycles. The third-order valence-corrected chi connectivity index (χ3v) is 2.71. The molecule has 0 bridgehead atoms. The zero-order valence-electron chi connectivity index (χ0n) is 9.76. The highest BCUT2D eigenvalue weighted by Crippen LogP contribution is 2.33. The second kappa shape index (κ2) is 5.03. The van der Waals surface area contributed by atoms with Gasteiger partial charge in [0.2, 0.25) is 5.78 Å². The zero-order chi connectivity index (χ0) is 14.0. The summed E-state index contributed by atoms with van der Waals surface area (Å²) in [6.45, 7) is 0.304. The summed E-state index contributed by atoms with van der Waals surface area (Å²) >= 11 is 0. The number of Topliss-reactive ketones (excluding diaryl/α,β-unsaturated/α-hetero) is 1. The van der Waals surface area contributed by atoms with Crippen LogP contribution in [0.25, 0.3) is 0 Å². The van der Waals surface area contributed by atoms with Gasteiger partial charge in [-0.2, -0.15) is 13.2 Å². The van der Waals surface area contributed by atoms with E-state index in [0.717, 1.165) is 18.6 Å². The number of ketones is 1. The van der Waals surface area contributed by atoms with Crippen molar-refractivity contribution in [3.8, 4) is 0 Å². The molecule has 2 rings (SSSR count). The molecule has 0 amide bonds. The van der Waals surface area contributed by atoms with Crippen LogP contribution in [0.15, 0.2) is 30.0 Å². The Labute approximate surface area is 106 Å². The molecule has 102 valence electrons. The van der Waals surface area contributed by atoms with Gasteiger partial charge in [-0.1, -0.05) is 6.07 Å². The molecule has 1 aromatic carbocycles. The van der Waals surface area contributed by atoms with Gasteiger partial charge in [0.15, 0.2) is 5.76 Å². The van der Waals surface area contributed by atoms with Crippen LogP contribution in [0.5, 0.6) is 0 Å². The van der Waals surface area contributed by atoms with Crippen LogP contribution in [0.3, 0.4) is 0 Å². The molecule has 1 aliphatic rings. The summed E-state index contributed by atoms with van der Waals surface area (Å²) in [5.41, 5.74) is -2.07. The molecule has 1 aromatic rings. The number of alkyl halides is 3. The number of ether oxygens (including phenoxy) is 1. The number of hydrogen-bond donors (Lipinski definition) is 0. The number of rotatable bonds is 2. The molecule has 0 aliphatic carbocycles. The molecule has 0 atom stereocenters. The van der Waals surface area contributed by atoms with Crippen LogP contribution in [-0.2, 0) is 10.9 Å². The lowest BCUT2D eigenvalue weighted by molar-refractivity contribution is -0.140. The van der Waals surface area contributed by atoms with Gasteiger partial charge in [0, 0.05) is 0 Å². The summed E-state index contributed by atoms with van der Waals surface area (Å²) < 4.78 is 56.4. The second-order valence-electron chi connectivity index (χ2n) is 4.05. The molecule has 2 nitrogen and oxygen atoms in total. The summed E-state index contributed by atoms with van der Waals surface area (Å²) in [5, 5.41) is 0. The molecule has 0 radical (unpaired) electrons. The molecular formula is C13H10F4O2. The Morgan fingerprint density at radius 1 is 1.26 bits per heavy atom. The maximum Gasteiger partial charge on any atom is 0.419 e. The maximum absolute atomic E-state index is 13.8. The summed E-state index contributed by atoms with van der Waals surface area (Å²) in [4.78, 5) is 11.9. The van der Waals surface area contributed by atoms with Gasteiger partial charge in [-0.15, -0.1) is 0 Å². The lowest BCUT2D eigenvalue weighted by Gasteiger charge is -2.15. The van der Waals surface area contributed by atoms with Crippen LogP contribution in [-0.4, -0.2) is 12.4 Å². The first-order chi connectivity index (χ1) is 8.91. The van der Waals surface area contributed by atoms with Crippen LogP contribution in [0.2, 0.25) is 0 Å². The van der Waals surface area contributed by atoms with E-state index in [1.807, 2.05) is 0 Å². The molecule has 0 N–H and O–H groups in total. The van der Waals surface area contributed by atoms with Crippen LogP contribution >= 0.6 is 0 Å². The van der Waals surface area contributed by atoms with E-state index in [1.165, 1.54) is 6.08 Å². The number of carbonyl (C=O) groups excluding carboxylic acids is 1. The molecule has 0 saturated carbocycles. The van der Waals surface area contributed by atoms with Gasteiger partial charge in [0.25, 0.3) is 0 Å². The lowest BCUT2D eigenvalue weighted by atomic mass is 10.0. The van der Waals surface area contributed by atoms with Crippen LogP contribution in [0.1, 0.15) is 28.8 Å². The standard InChI is InChI=1S/C13H10F4O2/c14-11-8(4-3-5-9(11)13(15,16)17)12(18)10-6-1-2-7-19-10/h3-6H,1-2,7H2. The fourth-order valence-corrected chi connectivity index (χ4v) is 1.77. The number of halogens is 4. The molecule has 19 heavy (non-hydrogen) atoms. The van der Waals surface area contributed by atoms with Gasteiger partial charge in [-0.25, -0.2) is 4.39 Å². The zero-order valence-corrected chi connectivity index (χ0v) is 9.76. The van der Waals surface area contributed by atoms with Gasteiger partial charge in [0.1, 0.15) is 5.82 Å². The van der Waals surface area contributed by atoms with Gasteiger partial charge in [-0.3, -0.25) is 4.79 Å². The normalized spacial score (nSPS) is 15.7. The Bertz CT molecular complexity index is 532. The van der Waals surface area contributed by atoms with Crippen molar-refractivity contribution in [3.63, 3.8) is 0 Å². The van der Waals surface area contributed by atoms with Crippen molar-refractivity contribution in [2.24, 2.45) is 0 Å². The van der Waals surface area contributed by atoms with Crippen molar-refractivity contribution in [3.05, 3.63) is 47.0 Å². The van der Waals surface area contributed by atoms with Crippen molar-refractivity contribution in [1.29, 1.82) is 0 Å². The first kappa shape index (κ1) is 13.6. The van der Waals surface area contributed by atoms with E-state index >= 15 is 0 Å². The van der Waals surface area contributed by atoms with Gasteiger partial charge in [-0.05, 0) is 31.1 Å². The van der Waals surface area contributed by atoms with Crippen molar-refractivity contribution >= 4 is 5.78 Å². The van der Waals surface area contributed by atoms with E-state index in [1.54, 1.807) is 0 Å². The Hall–Kier alpha value is -1.85. The molecule has 0 saturated heterocycles. The SMILES string of the molecule is O=C(C1=CCCCO1)c1cccc(C(F)(F)F)c1F. The smallest absolute Gasteiger partial charge is 0.419 e. The third-order valence-electron chi connectivity index (χ3n) is 2.71. The predicted octanol–water partition coefficient (Wildman–Crippen LogP) is 3.72. The fourth-order valence-electron chi connectivity index (χ4n) is 1.77. The second-order valence-corrected chi connectivity index (χ2v) is 4.05. The van der Waals surface area contributed by atoms with Crippen molar-refractivity contribution in [1.82, 2.24) is 0 Å². The number of benzene rings is 1. The Balaban J connectivity index is 2.40. The molecule has 0 aromatic heterocycles. The first-order valence-corrected chi connectivity index (χ1v) is 5.64. The third kappa shape index (κ3) is 2.77. The van der Waals surface area contributed by atoms with Crippen molar-refractivity contribution in [2.75, 3.05) is 6.61 Å². The average Bonchev–Trinajstić information content (AvgIpc) is 2.38. The highest BCUT2D eigenvalue weighted by Gasteiger charge is 2.36. The maximum atomic E-state index is 13.8. The fraction of sp³-hybridized carbons (Fsp3) is 0.308. The Morgan fingerprint density at radius 2 is 2.00 bits per heavy atom. The van der Waals surface area contributed by atoms with Gasteiger partial charge < -0.3 is 4.74 Å². The molecular weight excluding hydrogens is 264 g/mol. The quantitative estimate of drug-likeness (QED) is 0.607. The molecule has 0 unspecified atom stereocenters. The molecule has 0 spiro atoms. The topological polar surface area (TPSA) is 26.3 Å². The van der Waals surface area contributed by atoms with Gasteiger partial charge in [0.05, 0.1) is 17.7 Å². The average molecular weight is 274 g/mol. The predicted molar refractivity (Wildman–Crippen MR) is 59.0 cm³/mol. The minimum atomic E-state index is -4.83. The Morgan fingerprint density at radius 3 is 2.58 bits per heavy atom. The lowest BCUT2D eigenvalue weighted by Crippen LogP contribution is -2.16. The van der Waals surface area contributed by atoms with Crippen LogP contribution in [0, 0.1) is 5.82 Å². The van der Waals surface area contributed by atoms with Crippen LogP contribution < -0.4 is 0 Å². The summed E-state index contributed by atoms with van der Waals surface area (Å²) in [7, 11) is 0. The summed E-state index contributed by atoms with van der Waals surface area (Å²) in [6, 6.07) is 2.62. The van der Waals surface area contributed by atoms with E-state index in [4.69, 9.17) is 4.74 Å². The largest absolute Gasteiger partial charge is 0.490 e. The van der Waals surface area contributed by atoms with Crippen LogP contribution in [0.4, 0.5) is 17.6 Å². The number of hydrogen-bond acceptors (Lipinski definition) is 2.